The number of para-hydroxylation sites is 1. The first-order valence-corrected chi connectivity index (χ1v) is 6.43. The summed E-state index contributed by atoms with van der Waals surface area (Å²) in [4.78, 5) is 27.6. The Morgan fingerprint density at radius 2 is 2.14 bits per heavy atom. The average molecular weight is 282 g/mol. The first-order chi connectivity index (χ1) is 10.1. The van der Waals surface area contributed by atoms with Gasteiger partial charge in [-0.15, -0.1) is 0 Å². The number of nitriles is 1. The topological polar surface area (TPSA) is 109 Å². The first kappa shape index (κ1) is 14.5. The third-order valence-corrected chi connectivity index (χ3v) is 3.05. The van der Waals surface area contributed by atoms with Gasteiger partial charge in [0, 0.05) is 18.0 Å². The minimum atomic E-state index is -0.858. The van der Waals surface area contributed by atoms with Crippen molar-refractivity contribution in [1.82, 2.24) is 10.3 Å². The number of aromatic nitrogens is 1. The second-order valence-corrected chi connectivity index (χ2v) is 4.54. The van der Waals surface area contributed by atoms with Crippen molar-refractivity contribution in [1.29, 1.82) is 5.26 Å². The molecule has 1 atom stereocenters. The fourth-order valence-corrected chi connectivity index (χ4v) is 1.93. The van der Waals surface area contributed by atoms with Gasteiger partial charge in [0.05, 0.1) is 17.1 Å². The normalized spacial score (nSPS) is 11.6. The third kappa shape index (κ3) is 3.54. The molecule has 6 nitrogen and oxygen atoms in total. The molecule has 0 aliphatic rings. The van der Waals surface area contributed by atoms with Gasteiger partial charge in [0.2, 0.25) is 5.91 Å². The van der Waals surface area contributed by atoms with Crippen molar-refractivity contribution in [2.24, 2.45) is 5.73 Å². The number of carbonyl (C=O) groups is 2. The van der Waals surface area contributed by atoms with E-state index in [0.29, 0.717) is 5.56 Å². The van der Waals surface area contributed by atoms with E-state index >= 15 is 0 Å². The maximum atomic E-state index is 12.1. The molecule has 0 radical (unpaired) electrons. The first-order valence-electron chi connectivity index (χ1n) is 6.43. The largest absolute Gasteiger partial charge is 0.368 e. The molecule has 0 saturated carbocycles. The summed E-state index contributed by atoms with van der Waals surface area (Å²) in [6.45, 7) is 0. The van der Waals surface area contributed by atoms with Gasteiger partial charge in [0.1, 0.15) is 6.04 Å². The molecule has 0 aliphatic heterocycles. The molecular weight excluding hydrogens is 268 g/mol. The molecule has 1 aromatic heterocycles. The standard InChI is InChI=1S/C15H14N4O2/c16-7-3-6-13(14(17)20)19-15(21)11-8-10-4-1-2-5-12(10)18-9-11/h1-2,4-5,8-9,13H,3,6H2,(H2,17,20)(H,19,21)/t13-/m0/s1. The predicted molar refractivity (Wildman–Crippen MR) is 77.0 cm³/mol. The number of amides is 2. The van der Waals surface area contributed by atoms with Gasteiger partial charge in [-0.05, 0) is 18.6 Å². The number of hydrogen-bond donors (Lipinski definition) is 2. The summed E-state index contributed by atoms with van der Waals surface area (Å²) < 4.78 is 0. The summed E-state index contributed by atoms with van der Waals surface area (Å²) in [5.41, 5.74) is 6.34. The van der Waals surface area contributed by atoms with Crippen molar-refractivity contribution < 1.29 is 9.59 Å². The van der Waals surface area contributed by atoms with Crippen LogP contribution in [-0.4, -0.2) is 22.8 Å². The van der Waals surface area contributed by atoms with Crippen LogP contribution in [0.2, 0.25) is 0 Å². The zero-order valence-electron chi connectivity index (χ0n) is 11.2. The number of benzene rings is 1. The van der Waals surface area contributed by atoms with E-state index in [-0.39, 0.29) is 12.8 Å². The highest BCUT2D eigenvalue weighted by Crippen LogP contribution is 2.12. The molecule has 106 valence electrons. The molecule has 1 heterocycles. The smallest absolute Gasteiger partial charge is 0.253 e. The Morgan fingerprint density at radius 3 is 2.86 bits per heavy atom. The maximum absolute atomic E-state index is 12.1. The molecule has 21 heavy (non-hydrogen) atoms. The molecule has 0 fully saturated rings. The van der Waals surface area contributed by atoms with E-state index in [1.807, 2.05) is 30.3 Å². The van der Waals surface area contributed by atoms with Gasteiger partial charge in [0.15, 0.2) is 0 Å². The van der Waals surface area contributed by atoms with Crippen molar-refractivity contribution in [3.63, 3.8) is 0 Å². The van der Waals surface area contributed by atoms with Crippen LogP contribution in [0.3, 0.4) is 0 Å². The maximum Gasteiger partial charge on any atom is 0.253 e. The number of fused-ring (bicyclic) bond motifs is 1. The number of rotatable bonds is 5. The van der Waals surface area contributed by atoms with Crippen LogP contribution in [0.15, 0.2) is 36.5 Å². The van der Waals surface area contributed by atoms with Gasteiger partial charge >= 0.3 is 0 Å². The Hall–Kier alpha value is -2.94. The monoisotopic (exact) mass is 282 g/mol. The van der Waals surface area contributed by atoms with Gasteiger partial charge in [-0.1, -0.05) is 18.2 Å². The van der Waals surface area contributed by atoms with Crippen LogP contribution in [0.4, 0.5) is 0 Å². The van der Waals surface area contributed by atoms with E-state index in [4.69, 9.17) is 11.0 Å². The summed E-state index contributed by atoms with van der Waals surface area (Å²) >= 11 is 0. The molecule has 6 heteroatoms. The van der Waals surface area contributed by atoms with Crippen molar-refractivity contribution in [2.75, 3.05) is 0 Å². The molecule has 0 aliphatic carbocycles. The number of nitrogens with one attached hydrogen (secondary N) is 1. The van der Waals surface area contributed by atoms with Gasteiger partial charge in [0.25, 0.3) is 5.91 Å². The summed E-state index contributed by atoms with van der Waals surface area (Å²) in [6.07, 6.45) is 1.78. The summed E-state index contributed by atoms with van der Waals surface area (Å²) in [5.74, 6) is -1.10. The SMILES string of the molecule is N#CCC[C@H](NC(=O)c1cnc2ccccc2c1)C(N)=O. The molecule has 2 amide bonds. The van der Waals surface area contributed by atoms with Crippen LogP contribution >= 0.6 is 0 Å². The molecule has 0 spiro atoms. The highest BCUT2D eigenvalue weighted by Gasteiger charge is 2.18. The quantitative estimate of drug-likeness (QED) is 0.856. The Bertz CT molecular complexity index is 721. The summed E-state index contributed by atoms with van der Waals surface area (Å²) in [5, 5.41) is 11.9. The Kier molecular flexibility index (Phi) is 4.46. The molecule has 3 N–H and O–H groups in total. The fourth-order valence-electron chi connectivity index (χ4n) is 1.93. The van der Waals surface area contributed by atoms with E-state index in [0.717, 1.165) is 10.9 Å². The van der Waals surface area contributed by atoms with Gasteiger partial charge in [-0.2, -0.15) is 5.26 Å². The lowest BCUT2D eigenvalue weighted by Crippen LogP contribution is -2.44. The molecule has 2 rings (SSSR count). The second kappa shape index (κ2) is 6.48. The number of nitrogens with two attached hydrogens (primary N) is 1. The van der Waals surface area contributed by atoms with Crippen molar-refractivity contribution in [3.05, 3.63) is 42.1 Å². The molecule has 0 bridgehead atoms. The van der Waals surface area contributed by atoms with Crippen LogP contribution in [0.1, 0.15) is 23.2 Å². The lowest BCUT2D eigenvalue weighted by Gasteiger charge is -2.14. The lowest BCUT2D eigenvalue weighted by molar-refractivity contribution is -0.119. The summed E-state index contributed by atoms with van der Waals surface area (Å²) in [6, 6.07) is 10.2. The third-order valence-electron chi connectivity index (χ3n) is 3.05. The van der Waals surface area contributed by atoms with Gasteiger partial charge in [-0.25, -0.2) is 0 Å². The number of nitrogens with zero attached hydrogens (tertiary/aromatic N) is 2. The van der Waals surface area contributed by atoms with Crippen molar-refractivity contribution in [2.45, 2.75) is 18.9 Å². The Labute approximate surface area is 121 Å². The van der Waals surface area contributed by atoms with Crippen LogP contribution in [-0.2, 0) is 4.79 Å². The molecule has 2 aromatic rings. The number of carbonyl (C=O) groups excluding carboxylic acids is 2. The minimum absolute atomic E-state index is 0.143. The van der Waals surface area contributed by atoms with Crippen LogP contribution < -0.4 is 11.1 Å². The highest BCUT2D eigenvalue weighted by atomic mass is 16.2. The van der Waals surface area contributed by atoms with E-state index < -0.39 is 17.9 Å². The lowest BCUT2D eigenvalue weighted by atomic mass is 10.1. The Balaban J connectivity index is 2.17. The van der Waals surface area contributed by atoms with Crippen LogP contribution in [0, 0.1) is 11.3 Å². The predicted octanol–water partition coefficient (Wildman–Crippen LogP) is 1.12. The van der Waals surface area contributed by atoms with Crippen molar-refractivity contribution in [3.8, 4) is 6.07 Å². The number of primary amides is 1. The minimum Gasteiger partial charge on any atom is -0.368 e. The van der Waals surface area contributed by atoms with Crippen LogP contribution in [0.5, 0.6) is 0 Å². The Morgan fingerprint density at radius 1 is 1.38 bits per heavy atom. The molecule has 0 unspecified atom stereocenters. The average Bonchev–Trinajstić information content (AvgIpc) is 2.50. The van der Waals surface area contributed by atoms with E-state index in [9.17, 15) is 9.59 Å². The van der Waals surface area contributed by atoms with E-state index in [1.165, 1.54) is 6.20 Å². The van der Waals surface area contributed by atoms with Crippen molar-refractivity contribution >= 4 is 22.7 Å². The van der Waals surface area contributed by atoms with E-state index in [2.05, 4.69) is 10.3 Å². The fraction of sp³-hybridized carbons (Fsp3) is 0.200. The number of pyridine rings is 1. The zero-order chi connectivity index (χ0) is 15.2. The number of hydrogen-bond acceptors (Lipinski definition) is 4. The van der Waals surface area contributed by atoms with E-state index in [1.54, 1.807) is 6.07 Å². The van der Waals surface area contributed by atoms with Crippen LogP contribution in [0.25, 0.3) is 10.9 Å². The zero-order valence-corrected chi connectivity index (χ0v) is 11.2. The highest BCUT2D eigenvalue weighted by molar-refractivity contribution is 5.99. The molecular formula is C15H14N4O2. The summed E-state index contributed by atoms with van der Waals surface area (Å²) in [7, 11) is 0. The second-order valence-electron chi connectivity index (χ2n) is 4.54. The molecule has 0 saturated heterocycles. The molecule has 1 aromatic carbocycles. The van der Waals surface area contributed by atoms with Gasteiger partial charge in [-0.3, -0.25) is 14.6 Å². The van der Waals surface area contributed by atoms with Gasteiger partial charge < -0.3 is 11.1 Å².